The first-order chi connectivity index (χ1) is 12.0. The summed E-state index contributed by atoms with van der Waals surface area (Å²) >= 11 is 0. The van der Waals surface area contributed by atoms with Crippen LogP contribution < -0.4 is 0 Å². The van der Waals surface area contributed by atoms with Crippen molar-refractivity contribution >= 4 is 5.91 Å². The van der Waals surface area contributed by atoms with E-state index in [2.05, 4.69) is 28.7 Å². The number of carbonyl (C=O) groups excluding carboxylic acids is 1. The smallest absolute Gasteiger partial charge is 0.222 e. The van der Waals surface area contributed by atoms with Crippen LogP contribution in [-0.4, -0.2) is 51.9 Å². The molecule has 3 heterocycles. The van der Waals surface area contributed by atoms with Crippen LogP contribution in [0.25, 0.3) is 0 Å². The van der Waals surface area contributed by atoms with Crippen LogP contribution >= 0.6 is 0 Å². The summed E-state index contributed by atoms with van der Waals surface area (Å²) in [5.74, 6) is 1.02. The monoisotopic (exact) mass is 344 g/mol. The van der Waals surface area contributed by atoms with Crippen LogP contribution in [0.3, 0.4) is 0 Å². The molecule has 1 unspecified atom stereocenters. The first kappa shape index (κ1) is 18.3. The van der Waals surface area contributed by atoms with Gasteiger partial charge in [-0.2, -0.15) is 0 Å². The van der Waals surface area contributed by atoms with E-state index in [4.69, 9.17) is 0 Å². The van der Waals surface area contributed by atoms with Crippen LogP contribution in [-0.2, 0) is 11.3 Å². The molecule has 138 valence electrons. The number of rotatable bonds is 5. The van der Waals surface area contributed by atoms with Gasteiger partial charge in [0.15, 0.2) is 0 Å². The van der Waals surface area contributed by atoms with Gasteiger partial charge in [0.2, 0.25) is 5.91 Å². The van der Waals surface area contributed by atoms with Crippen molar-refractivity contribution in [2.45, 2.75) is 59.4 Å². The van der Waals surface area contributed by atoms with Gasteiger partial charge in [-0.1, -0.05) is 13.8 Å². The quantitative estimate of drug-likeness (QED) is 0.824. The van der Waals surface area contributed by atoms with E-state index in [1.807, 2.05) is 11.8 Å². The predicted octanol–water partition coefficient (Wildman–Crippen LogP) is 3.04. The molecule has 2 saturated heterocycles. The third kappa shape index (κ3) is 4.78. The minimum absolute atomic E-state index is 0.271. The molecule has 3 rings (SSSR count). The van der Waals surface area contributed by atoms with Crippen molar-refractivity contribution in [3.05, 3.63) is 23.8 Å². The molecular formula is C20H32N4O. The van der Waals surface area contributed by atoms with Crippen LogP contribution in [0.4, 0.5) is 0 Å². The Hall–Kier alpha value is -1.49. The second-order valence-electron chi connectivity index (χ2n) is 8.46. The first-order valence-electron chi connectivity index (χ1n) is 9.73. The van der Waals surface area contributed by atoms with Crippen LogP contribution in [0.2, 0.25) is 0 Å². The fraction of sp³-hybridized carbons (Fsp3) is 0.750. The Morgan fingerprint density at radius 3 is 2.76 bits per heavy atom. The highest BCUT2D eigenvalue weighted by atomic mass is 16.2. The van der Waals surface area contributed by atoms with Crippen molar-refractivity contribution in [1.82, 2.24) is 19.8 Å². The molecule has 0 N–H and O–H groups in total. The zero-order valence-electron chi connectivity index (χ0n) is 16.0. The Morgan fingerprint density at radius 2 is 2.04 bits per heavy atom. The maximum atomic E-state index is 12.5. The summed E-state index contributed by atoms with van der Waals surface area (Å²) in [4.78, 5) is 25.9. The zero-order chi connectivity index (χ0) is 17.9. The molecule has 2 aliphatic rings. The zero-order valence-corrected chi connectivity index (χ0v) is 16.0. The van der Waals surface area contributed by atoms with Crippen LogP contribution in [0.1, 0.15) is 57.3 Å². The van der Waals surface area contributed by atoms with Gasteiger partial charge in [0.05, 0.1) is 24.1 Å². The second-order valence-corrected chi connectivity index (χ2v) is 8.46. The minimum atomic E-state index is 0.271. The summed E-state index contributed by atoms with van der Waals surface area (Å²) in [5.41, 5.74) is 2.09. The standard InChI is InChI=1S/C20H32N4O/c1-16(2)6-10-23-9-4-7-20(14-23)8-5-19(25)24(15-20)13-18-12-21-17(3)11-22-18/h11-12,16H,4-10,13-15H2,1-3H3. The number of likely N-dealkylation sites (tertiary alicyclic amines) is 2. The number of carbonyl (C=O) groups is 1. The lowest BCUT2D eigenvalue weighted by atomic mass is 9.73. The molecule has 1 amide bonds. The number of piperidine rings is 2. The van der Waals surface area contributed by atoms with Crippen molar-refractivity contribution in [3.63, 3.8) is 0 Å². The minimum Gasteiger partial charge on any atom is -0.336 e. The Kier molecular flexibility index (Phi) is 5.72. The number of hydrogen-bond donors (Lipinski definition) is 0. The van der Waals surface area contributed by atoms with Crippen molar-refractivity contribution in [2.75, 3.05) is 26.2 Å². The van der Waals surface area contributed by atoms with E-state index in [9.17, 15) is 4.79 Å². The van der Waals surface area contributed by atoms with E-state index in [0.717, 1.165) is 36.8 Å². The molecule has 2 fully saturated rings. The molecular weight excluding hydrogens is 312 g/mol. The third-order valence-electron chi connectivity index (χ3n) is 5.70. The van der Waals surface area contributed by atoms with Crippen molar-refractivity contribution < 1.29 is 4.79 Å². The molecule has 0 radical (unpaired) electrons. The first-order valence-corrected chi connectivity index (χ1v) is 9.73. The summed E-state index contributed by atoms with van der Waals surface area (Å²) in [7, 11) is 0. The Balaban J connectivity index is 1.64. The molecule has 5 nitrogen and oxygen atoms in total. The average Bonchev–Trinajstić information content (AvgIpc) is 2.59. The number of aryl methyl sites for hydroxylation is 1. The summed E-state index contributed by atoms with van der Waals surface area (Å²) in [6.45, 7) is 11.5. The molecule has 0 bridgehead atoms. The van der Waals surface area contributed by atoms with Crippen molar-refractivity contribution in [2.24, 2.45) is 11.3 Å². The Labute approximate surface area is 151 Å². The lowest BCUT2D eigenvalue weighted by Crippen LogP contribution is -2.53. The molecule has 1 spiro atoms. The molecule has 0 aromatic carbocycles. The van der Waals surface area contributed by atoms with Gasteiger partial charge < -0.3 is 9.80 Å². The maximum Gasteiger partial charge on any atom is 0.222 e. The third-order valence-corrected chi connectivity index (χ3v) is 5.70. The Morgan fingerprint density at radius 1 is 1.20 bits per heavy atom. The SMILES string of the molecule is Cc1cnc(CN2CC3(CCCN(CCC(C)C)C3)CCC2=O)cn1. The van der Waals surface area contributed by atoms with E-state index >= 15 is 0 Å². The fourth-order valence-corrected chi connectivity index (χ4v) is 4.22. The normalized spacial score (nSPS) is 25.1. The van der Waals surface area contributed by atoms with E-state index in [1.165, 1.54) is 32.4 Å². The molecule has 1 atom stereocenters. The van der Waals surface area contributed by atoms with Gasteiger partial charge in [0, 0.05) is 31.1 Å². The van der Waals surface area contributed by atoms with Gasteiger partial charge >= 0.3 is 0 Å². The van der Waals surface area contributed by atoms with Gasteiger partial charge in [0.1, 0.15) is 0 Å². The lowest BCUT2D eigenvalue weighted by molar-refractivity contribution is -0.140. The van der Waals surface area contributed by atoms with E-state index in [0.29, 0.717) is 13.0 Å². The highest BCUT2D eigenvalue weighted by molar-refractivity contribution is 5.77. The summed E-state index contributed by atoms with van der Waals surface area (Å²) < 4.78 is 0. The molecule has 1 aromatic heterocycles. The highest BCUT2D eigenvalue weighted by Crippen LogP contribution is 2.39. The molecule has 5 heteroatoms. The lowest BCUT2D eigenvalue weighted by Gasteiger charge is -2.48. The number of amides is 1. The number of aromatic nitrogens is 2. The average molecular weight is 345 g/mol. The second kappa shape index (κ2) is 7.81. The maximum absolute atomic E-state index is 12.5. The molecule has 0 aliphatic carbocycles. The van der Waals surface area contributed by atoms with Gasteiger partial charge in [-0.3, -0.25) is 14.8 Å². The largest absolute Gasteiger partial charge is 0.336 e. The van der Waals surface area contributed by atoms with E-state index in [-0.39, 0.29) is 11.3 Å². The Bertz CT molecular complexity index is 586. The van der Waals surface area contributed by atoms with Gasteiger partial charge in [-0.15, -0.1) is 0 Å². The van der Waals surface area contributed by atoms with Crippen LogP contribution in [0, 0.1) is 18.3 Å². The van der Waals surface area contributed by atoms with Crippen molar-refractivity contribution in [1.29, 1.82) is 0 Å². The number of hydrogen-bond acceptors (Lipinski definition) is 4. The molecule has 0 saturated carbocycles. The molecule has 25 heavy (non-hydrogen) atoms. The topological polar surface area (TPSA) is 49.3 Å². The van der Waals surface area contributed by atoms with E-state index < -0.39 is 0 Å². The van der Waals surface area contributed by atoms with Gasteiger partial charge in [0.25, 0.3) is 0 Å². The summed E-state index contributed by atoms with van der Waals surface area (Å²) in [5, 5.41) is 0. The van der Waals surface area contributed by atoms with Gasteiger partial charge in [-0.25, -0.2) is 0 Å². The fourth-order valence-electron chi connectivity index (χ4n) is 4.22. The molecule has 1 aromatic rings. The van der Waals surface area contributed by atoms with E-state index in [1.54, 1.807) is 12.4 Å². The van der Waals surface area contributed by atoms with Crippen LogP contribution in [0.15, 0.2) is 12.4 Å². The van der Waals surface area contributed by atoms with Crippen LogP contribution in [0.5, 0.6) is 0 Å². The molecule has 2 aliphatic heterocycles. The highest BCUT2D eigenvalue weighted by Gasteiger charge is 2.41. The summed E-state index contributed by atoms with van der Waals surface area (Å²) in [6, 6.07) is 0. The van der Waals surface area contributed by atoms with Crippen molar-refractivity contribution in [3.8, 4) is 0 Å². The number of nitrogens with zero attached hydrogens (tertiary/aromatic N) is 4. The summed E-state index contributed by atoms with van der Waals surface area (Å²) in [6.07, 6.45) is 9.07. The van der Waals surface area contributed by atoms with Gasteiger partial charge in [-0.05, 0) is 51.6 Å². The predicted molar refractivity (Wildman–Crippen MR) is 99.0 cm³/mol.